The average Bonchev–Trinajstić information content (AvgIpc) is 2.47. The summed E-state index contributed by atoms with van der Waals surface area (Å²) < 4.78 is 0. The number of piperidine rings is 1. The minimum absolute atomic E-state index is 0.0685. The van der Waals surface area contributed by atoms with Crippen LogP contribution in [-0.4, -0.2) is 47.5 Å². The molecule has 2 N–H and O–H groups in total. The number of anilines is 2. The van der Waals surface area contributed by atoms with Crippen LogP contribution < -0.4 is 10.6 Å². The monoisotopic (exact) mass is 293 g/mol. The van der Waals surface area contributed by atoms with Crippen LogP contribution in [0.25, 0.3) is 0 Å². The summed E-state index contributed by atoms with van der Waals surface area (Å²) in [5.41, 5.74) is 0.0685. The molecular formula is C14H23N5O2. The Morgan fingerprint density at radius 3 is 2.67 bits per heavy atom. The number of nitrogens with one attached hydrogen (secondary N) is 2. The highest BCUT2D eigenvalue weighted by molar-refractivity contribution is 5.55. The zero-order valence-corrected chi connectivity index (χ0v) is 12.6. The molecule has 116 valence electrons. The van der Waals surface area contributed by atoms with E-state index in [2.05, 4.69) is 27.6 Å². The van der Waals surface area contributed by atoms with Crippen molar-refractivity contribution in [3.8, 4) is 0 Å². The highest BCUT2D eigenvalue weighted by atomic mass is 16.6. The van der Waals surface area contributed by atoms with Gasteiger partial charge in [0.25, 0.3) is 5.69 Å². The van der Waals surface area contributed by atoms with Crippen LogP contribution in [0, 0.1) is 10.1 Å². The van der Waals surface area contributed by atoms with Gasteiger partial charge in [-0.15, -0.1) is 0 Å². The maximum Gasteiger partial charge on any atom is 0.276 e. The summed E-state index contributed by atoms with van der Waals surface area (Å²) in [5, 5.41) is 17.5. The first-order chi connectivity index (χ1) is 10.1. The molecule has 0 amide bonds. The number of hydrogen-bond donors (Lipinski definition) is 2. The standard InChI is InChI=1S/C14H23N5O2/c1-3-6-15-13-9-12(19(20)21)10-14(17-13)16-11-4-7-18(2)8-5-11/h9-11H,3-8H2,1-2H3,(H2,15,16,17). The fraction of sp³-hybridized carbons (Fsp3) is 0.643. The molecule has 7 nitrogen and oxygen atoms in total. The molecule has 0 unspecified atom stereocenters. The van der Waals surface area contributed by atoms with E-state index in [4.69, 9.17) is 0 Å². The van der Waals surface area contributed by atoms with E-state index in [1.54, 1.807) is 0 Å². The van der Waals surface area contributed by atoms with Crippen LogP contribution in [0.4, 0.5) is 17.3 Å². The van der Waals surface area contributed by atoms with Crippen molar-refractivity contribution in [2.24, 2.45) is 0 Å². The number of hydrogen-bond acceptors (Lipinski definition) is 6. The van der Waals surface area contributed by atoms with Crippen molar-refractivity contribution in [1.29, 1.82) is 0 Å². The lowest BCUT2D eigenvalue weighted by Gasteiger charge is -2.29. The van der Waals surface area contributed by atoms with Crippen LogP contribution in [0.2, 0.25) is 0 Å². The fourth-order valence-corrected chi connectivity index (χ4v) is 2.40. The van der Waals surface area contributed by atoms with E-state index < -0.39 is 0 Å². The third-order valence-corrected chi connectivity index (χ3v) is 3.65. The molecule has 1 saturated heterocycles. The van der Waals surface area contributed by atoms with Crippen molar-refractivity contribution >= 4 is 17.3 Å². The topological polar surface area (TPSA) is 83.3 Å². The molecule has 21 heavy (non-hydrogen) atoms. The molecule has 1 fully saturated rings. The lowest BCUT2D eigenvalue weighted by atomic mass is 10.1. The second-order valence-electron chi connectivity index (χ2n) is 5.50. The lowest BCUT2D eigenvalue weighted by Crippen LogP contribution is -2.36. The predicted molar refractivity (Wildman–Crippen MR) is 83.8 cm³/mol. The van der Waals surface area contributed by atoms with Crippen molar-refractivity contribution in [2.45, 2.75) is 32.2 Å². The smallest absolute Gasteiger partial charge is 0.276 e. The number of nitrogens with zero attached hydrogens (tertiary/aromatic N) is 3. The summed E-state index contributed by atoms with van der Waals surface area (Å²) in [6, 6.07) is 3.32. The van der Waals surface area contributed by atoms with E-state index in [0.717, 1.165) is 38.9 Å². The molecule has 0 aromatic carbocycles. The summed E-state index contributed by atoms with van der Waals surface area (Å²) in [5.74, 6) is 1.14. The molecular weight excluding hydrogens is 270 g/mol. The van der Waals surface area contributed by atoms with Gasteiger partial charge in [-0.1, -0.05) is 6.92 Å². The van der Waals surface area contributed by atoms with E-state index >= 15 is 0 Å². The minimum atomic E-state index is -0.376. The van der Waals surface area contributed by atoms with Gasteiger partial charge >= 0.3 is 0 Å². The molecule has 2 rings (SSSR count). The van der Waals surface area contributed by atoms with Gasteiger partial charge in [-0.3, -0.25) is 10.1 Å². The van der Waals surface area contributed by atoms with Crippen molar-refractivity contribution < 1.29 is 4.92 Å². The number of pyridine rings is 1. The Balaban J connectivity index is 2.09. The van der Waals surface area contributed by atoms with Crippen LogP contribution in [0.1, 0.15) is 26.2 Å². The van der Waals surface area contributed by atoms with Gasteiger partial charge in [-0.2, -0.15) is 0 Å². The molecule has 1 aliphatic heterocycles. The Kier molecular flexibility index (Phi) is 5.32. The molecule has 0 saturated carbocycles. The number of aromatic nitrogens is 1. The van der Waals surface area contributed by atoms with Crippen LogP contribution in [0.5, 0.6) is 0 Å². The second kappa shape index (κ2) is 7.21. The Morgan fingerprint density at radius 2 is 2.05 bits per heavy atom. The molecule has 0 spiro atoms. The molecule has 7 heteroatoms. The Morgan fingerprint density at radius 1 is 1.38 bits per heavy atom. The van der Waals surface area contributed by atoms with Gasteiger partial charge < -0.3 is 15.5 Å². The molecule has 1 aliphatic rings. The van der Waals surface area contributed by atoms with Crippen molar-refractivity contribution in [1.82, 2.24) is 9.88 Å². The van der Waals surface area contributed by atoms with Crippen LogP contribution in [0.3, 0.4) is 0 Å². The molecule has 0 atom stereocenters. The summed E-state index contributed by atoms with van der Waals surface area (Å²) >= 11 is 0. The van der Waals surface area contributed by atoms with E-state index in [1.165, 1.54) is 12.1 Å². The second-order valence-corrected chi connectivity index (χ2v) is 5.50. The molecule has 0 aliphatic carbocycles. The maximum absolute atomic E-state index is 11.0. The average molecular weight is 293 g/mol. The van der Waals surface area contributed by atoms with E-state index in [1.807, 2.05) is 6.92 Å². The summed E-state index contributed by atoms with van der Waals surface area (Å²) in [7, 11) is 2.11. The molecule has 1 aromatic heterocycles. The minimum Gasteiger partial charge on any atom is -0.370 e. The largest absolute Gasteiger partial charge is 0.370 e. The Labute approximate surface area is 124 Å². The molecule has 1 aromatic rings. The zero-order valence-electron chi connectivity index (χ0n) is 12.6. The molecule has 2 heterocycles. The highest BCUT2D eigenvalue weighted by Crippen LogP contribution is 2.22. The van der Waals surface area contributed by atoms with Gasteiger partial charge in [-0.05, 0) is 39.4 Å². The fourth-order valence-electron chi connectivity index (χ4n) is 2.40. The third-order valence-electron chi connectivity index (χ3n) is 3.65. The van der Waals surface area contributed by atoms with E-state index in [9.17, 15) is 10.1 Å². The van der Waals surface area contributed by atoms with Gasteiger partial charge in [0.1, 0.15) is 11.6 Å². The van der Waals surface area contributed by atoms with Gasteiger partial charge in [0.05, 0.1) is 17.1 Å². The van der Waals surface area contributed by atoms with Crippen LogP contribution in [-0.2, 0) is 0 Å². The first-order valence-electron chi connectivity index (χ1n) is 7.44. The van der Waals surface area contributed by atoms with Gasteiger partial charge in [0.15, 0.2) is 0 Å². The van der Waals surface area contributed by atoms with E-state index in [0.29, 0.717) is 17.7 Å². The number of rotatable bonds is 6. The van der Waals surface area contributed by atoms with Crippen LogP contribution >= 0.6 is 0 Å². The Hall–Kier alpha value is -1.89. The zero-order chi connectivity index (χ0) is 15.2. The van der Waals surface area contributed by atoms with Gasteiger partial charge in [-0.25, -0.2) is 4.98 Å². The first-order valence-corrected chi connectivity index (χ1v) is 7.44. The third kappa shape index (κ3) is 4.56. The van der Waals surface area contributed by atoms with Crippen LogP contribution in [0.15, 0.2) is 12.1 Å². The molecule has 0 bridgehead atoms. The SMILES string of the molecule is CCCNc1cc([N+](=O)[O-])cc(NC2CCN(C)CC2)n1. The predicted octanol–water partition coefficient (Wildman–Crippen LogP) is 2.32. The summed E-state index contributed by atoms with van der Waals surface area (Å²) in [6.45, 7) is 4.87. The highest BCUT2D eigenvalue weighted by Gasteiger charge is 2.18. The first kappa shape index (κ1) is 15.5. The Bertz CT molecular complexity index is 486. The van der Waals surface area contributed by atoms with Crippen molar-refractivity contribution in [2.75, 3.05) is 37.3 Å². The van der Waals surface area contributed by atoms with Crippen molar-refractivity contribution in [3.63, 3.8) is 0 Å². The normalized spacial score (nSPS) is 16.7. The lowest BCUT2D eigenvalue weighted by molar-refractivity contribution is -0.384. The van der Waals surface area contributed by atoms with Crippen molar-refractivity contribution in [3.05, 3.63) is 22.2 Å². The maximum atomic E-state index is 11.0. The number of likely N-dealkylation sites (tertiary alicyclic amines) is 1. The summed E-state index contributed by atoms with van der Waals surface area (Å²) in [4.78, 5) is 17.4. The van der Waals surface area contributed by atoms with E-state index in [-0.39, 0.29) is 10.6 Å². The summed E-state index contributed by atoms with van der Waals surface area (Å²) in [6.07, 6.45) is 3.00. The van der Waals surface area contributed by atoms with Gasteiger partial charge in [0.2, 0.25) is 0 Å². The van der Waals surface area contributed by atoms with Gasteiger partial charge in [0, 0.05) is 12.6 Å². The number of nitro groups is 1. The molecule has 0 radical (unpaired) electrons. The quantitative estimate of drug-likeness (QED) is 0.618.